The van der Waals surface area contributed by atoms with Crippen LogP contribution in [0, 0.1) is 0 Å². The maximum atomic E-state index is 12.4. The number of aliphatic hydroxyl groups is 2. The average molecular weight is 262 g/mol. The van der Waals surface area contributed by atoms with Gasteiger partial charge in [-0.05, 0) is 51.4 Å². The molecule has 0 aromatic heterocycles. The van der Waals surface area contributed by atoms with Crippen molar-refractivity contribution in [1.82, 2.24) is 0 Å². The second kappa shape index (κ2) is 5.24. The number of rotatable bonds is 2. The summed E-state index contributed by atoms with van der Waals surface area (Å²) in [6.45, 7) is 0. The molecule has 0 bridgehead atoms. The summed E-state index contributed by atoms with van der Waals surface area (Å²) < 4.78 is 24.8. The molecular formula is C12H22O4S. The largest absolute Gasteiger partial charge is 0.393 e. The number of aliphatic hydroxyl groups excluding tert-OH is 2. The molecule has 2 saturated carbocycles. The van der Waals surface area contributed by atoms with Gasteiger partial charge in [0.2, 0.25) is 0 Å². The summed E-state index contributed by atoms with van der Waals surface area (Å²) >= 11 is 0. The Morgan fingerprint density at radius 1 is 0.765 bits per heavy atom. The quantitative estimate of drug-likeness (QED) is 0.779. The van der Waals surface area contributed by atoms with E-state index in [1.165, 1.54) is 0 Å². The molecule has 2 N–H and O–H groups in total. The molecule has 2 aliphatic rings. The van der Waals surface area contributed by atoms with Gasteiger partial charge in [-0.15, -0.1) is 0 Å². The van der Waals surface area contributed by atoms with Crippen molar-refractivity contribution < 1.29 is 18.6 Å². The van der Waals surface area contributed by atoms with Crippen molar-refractivity contribution in [3.8, 4) is 0 Å². The fourth-order valence-corrected chi connectivity index (χ4v) is 5.52. The summed E-state index contributed by atoms with van der Waals surface area (Å²) in [6, 6.07) is 0. The van der Waals surface area contributed by atoms with E-state index in [1.807, 2.05) is 0 Å². The molecule has 2 unspecified atom stereocenters. The van der Waals surface area contributed by atoms with Gasteiger partial charge < -0.3 is 10.2 Å². The van der Waals surface area contributed by atoms with Gasteiger partial charge >= 0.3 is 0 Å². The van der Waals surface area contributed by atoms with Crippen molar-refractivity contribution in [2.45, 2.75) is 74.1 Å². The van der Waals surface area contributed by atoms with Crippen molar-refractivity contribution in [1.29, 1.82) is 0 Å². The first-order chi connectivity index (χ1) is 8.00. The highest BCUT2D eigenvalue weighted by molar-refractivity contribution is 7.92. The van der Waals surface area contributed by atoms with Crippen LogP contribution in [0.1, 0.15) is 51.4 Å². The molecule has 0 aromatic carbocycles. The monoisotopic (exact) mass is 262 g/mol. The van der Waals surface area contributed by atoms with Crippen LogP contribution in [0.4, 0.5) is 0 Å². The van der Waals surface area contributed by atoms with Gasteiger partial charge in [0.25, 0.3) is 0 Å². The van der Waals surface area contributed by atoms with Crippen LogP contribution < -0.4 is 0 Å². The van der Waals surface area contributed by atoms with Crippen molar-refractivity contribution in [2.75, 3.05) is 0 Å². The zero-order valence-corrected chi connectivity index (χ0v) is 10.9. The molecule has 2 rings (SSSR count). The highest BCUT2D eigenvalue weighted by atomic mass is 32.2. The Morgan fingerprint density at radius 2 is 1.41 bits per heavy atom. The van der Waals surface area contributed by atoms with Gasteiger partial charge in [-0.25, -0.2) is 8.42 Å². The molecule has 5 heteroatoms. The molecule has 100 valence electrons. The van der Waals surface area contributed by atoms with Crippen LogP contribution in [-0.4, -0.2) is 41.3 Å². The lowest BCUT2D eigenvalue weighted by atomic mass is 9.97. The first kappa shape index (κ1) is 13.3. The van der Waals surface area contributed by atoms with E-state index in [2.05, 4.69) is 0 Å². The minimum Gasteiger partial charge on any atom is -0.393 e. The van der Waals surface area contributed by atoms with E-state index < -0.39 is 15.9 Å². The topological polar surface area (TPSA) is 74.6 Å². The Kier molecular flexibility index (Phi) is 4.10. The van der Waals surface area contributed by atoms with Crippen LogP contribution in [0.25, 0.3) is 0 Å². The van der Waals surface area contributed by atoms with Gasteiger partial charge in [0.15, 0.2) is 9.84 Å². The van der Waals surface area contributed by atoms with Crippen molar-refractivity contribution in [3.63, 3.8) is 0 Å². The molecule has 4 nitrogen and oxygen atoms in total. The van der Waals surface area contributed by atoms with Crippen molar-refractivity contribution >= 4 is 9.84 Å². The Morgan fingerprint density at radius 3 is 2.00 bits per heavy atom. The smallest absolute Gasteiger partial charge is 0.156 e. The van der Waals surface area contributed by atoms with Crippen LogP contribution in [0.15, 0.2) is 0 Å². The summed E-state index contributed by atoms with van der Waals surface area (Å²) in [5.74, 6) is 0. The van der Waals surface area contributed by atoms with Gasteiger partial charge in [-0.3, -0.25) is 0 Å². The molecule has 0 saturated heterocycles. The van der Waals surface area contributed by atoms with Crippen LogP contribution in [0.2, 0.25) is 0 Å². The van der Waals surface area contributed by atoms with Gasteiger partial charge in [-0.1, -0.05) is 0 Å². The van der Waals surface area contributed by atoms with Crippen LogP contribution in [0.3, 0.4) is 0 Å². The van der Waals surface area contributed by atoms with E-state index >= 15 is 0 Å². The second-order valence-corrected chi connectivity index (χ2v) is 7.97. The normalized spacial score (nSPS) is 40.1. The zero-order valence-electron chi connectivity index (χ0n) is 10.1. The minimum absolute atomic E-state index is 0.291. The molecule has 0 aromatic rings. The van der Waals surface area contributed by atoms with Crippen LogP contribution in [-0.2, 0) is 9.84 Å². The molecular weight excluding hydrogens is 240 g/mol. The molecule has 0 spiro atoms. The summed E-state index contributed by atoms with van der Waals surface area (Å²) in [5, 5.41) is 18.3. The number of sulfone groups is 1. The first-order valence-corrected chi connectivity index (χ1v) is 8.20. The fraction of sp³-hybridized carbons (Fsp3) is 1.00. The summed E-state index contributed by atoms with van der Waals surface area (Å²) in [7, 11) is -3.11. The lowest BCUT2D eigenvalue weighted by Gasteiger charge is -2.32. The number of hydrogen-bond donors (Lipinski definition) is 2. The third-order valence-electron chi connectivity index (χ3n) is 4.17. The Bertz CT molecular complexity index is 344. The predicted octanol–water partition coefficient (Wildman–Crippen LogP) is 1.01. The summed E-state index contributed by atoms with van der Waals surface area (Å²) in [5.41, 5.74) is 0. The Balaban J connectivity index is 2.02. The average Bonchev–Trinajstić information content (AvgIpc) is 2.29. The molecule has 0 amide bonds. The van der Waals surface area contributed by atoms with E-state index in [4.69, 9.17) is 0 Å². The Labute approximate surface area is 103 Å². The van der Waals surface area contributed by atoms with Gasteiger partial charge in [0.05, 0.1) is 22.7 Å². The summed E-state index contributed by atoms with van der Waals surface area (Å²) in [6.07, 6.45) is 4.22. The van der Waals surface area contributed by atoms with Crippen LogP contribution in [0.5, 0.6) is 0 Å². The lowest BCUT2D eigenvalue weighted by Crippen LogP contribution is -2.39. The fourth-order valence-electron chi connectivity index (χ4n) is 3.06. The van der Waals surface area contributed by atoms with Crippen molar-refractivity contribution in [2.24, 2.45) is 0 Å². The molecule has 0 radical (unpaired) electrons. The number of hydrogen-bond acceptors (Lipinski definition) is 4. The zero-order chi connectivity index (χ0) is 12.5. The standard InChI is InChI=1S/C12H22O4S/c13-9-4-6-11(7-5-9)17(15,16)12-3-1-2-10(14)8-12/h9-14H,1-8H2. The van der Waals surface area contributed by atoms with Crippen molar-refractivity contribution in [3.05, 3.63) is 0 Å². The Hall–Kier alpha value is -0.130. The van der Waals surface area contributed by atoms with Crippen LogP contribution >= 0.6 is 0 Å². The second-order valence-electron chi connectivity index (χ2n) is 5.46. The van der Waals surface area contributed by atoms with E-state index in [0.717, 1.165) is 12.8 Å². The van der Waals surface area contributed by atoms with Gasteiger partial charge in [0.1, 0.15) is 0 Å². The molecule has 17 heavy (non-hydrogen) atoms. The first-order valence-electron chi connectivity index (χ1n) is 6.59. The van der Waals surface area contributed by atoms with E-state index in [0.29, 0.717) is 38.5 Å². The predicted molar refractivity (Wildman–Crippen MR) is 65.4 cm³/mol. The molecule has 0 aliphatic heterocycles. The third-order valence-corrected chi connectivity index (χ3v) is 6.93. The molecule has 2 atom stereocenters. The maximum Gasteiger partial charge on any atom is 0.156 e. The highest BCUT2D eigenvalue weighted by Crippen LogP contribution is 2.32. The maximum absolute atomic E-state index is 12.4. The van der Waals surface area contributed by atoms with Gasteiger partial charge in [0, 0.05) is 0 Å². The van der Waals surface area contributed by atoms with E-state index in [-0.39, 0.29) is 16.6 Å². The highest BCUT2D eigenvalue weighted by Gasteiger charge is 2.38. The molecule has 2 aliphatic carbocycles. The molecule has 2 fully saturated rings. The van der Waals surface area contributed by atoms with E-state index in [9.17, 15) is 18.6 Å². The van der Waals surface area contributed by atoms with Gasteiger partial charge in [-0.2, -0.15) is 0 Å². The lowest BCUT2D eigenvalue weighted by molar-refractivity contribution is 0.126. The summed E-state index contributed by atoms with van der Waals surface area (Å²) in [4.78, 5) is 0. The third kappa shape index (κ3) is 3.01. The molecule has 0 heterocycles. The SMILES string of the molecule is O=S(=O)(C1CCC(O)CC1)C1CCCC(O)C1. The van der Waals surface area contributed by atoms with E-state index in [1.54, 1.807) is 0 Å². The minimum atomic E-state index is -3.11.